The molecule has 0 fully saturated rings. The highest BCUT2D eigenvalue weighted by molar-refractivity contribution is 5.94. The number of hydrazone groups is 1. The fourth-order valence-corrected chi connectivity index (χ4v) is 2.49. The van der Waals surface area contributed by atoms with Crippen LogP contribution in [0.2, 0.25) is 0 Å². The Balaban J connectivity index is 1.58. The predicted molar refractivity (Wildman–Crippen MR) is 108 cm³/mol. The second kappa shape index (κ2) is 11.4. The van der Waals surface area contributed by atoms with E-state index >= 15 is 0 Å². The van der Waals surface area contributed by atoms with Gasteiger partial charge in [-0.2, -0.15) is 5.10 Å². The number of hydrogen-bond donors (Lipinski definition) is 3. The van der Waals surface area contributed by atoms with Gasteiger partial charge in [0, 0.05) is 18.5 Å². The lowest BCUT2D eigenvalue weighted by Gasteiger charge is -2.05. The normalized spacial score (nSPS) is 10.6. The van der Waals surface area contributed by atoms with E-state index in [9.17, 15) is 14.7 Å². The number of carbonyl (C=O) groups excluding carboxylic acids is 2. The van der Waals surface area contributed by atoms with Crippen molar-refractivity contribution in [3.63, 3.8) is 0 Å². The molecule has 0 bridgehead atoms. The summed E-state index contributed by atoms with van der Waals surface area (Å²) in [7, 11) is 1.46. The molecule has 2 aromatic carbocycles. The number of nitrogens with zero attached hydrogens (tertiary/aromatic N) is 1. The predicted octanol–water partition coefficient (Wildman–Crippen LogP) is 2.84. The van der Waals surface area contributed by atoms with Crippen LogP contribution in [0.15, 0.2) is 53.6 Å². The molecule has 7 heteroatoms. The highest BCUT2D eigenvalue weighted by Crippen LogP contribution is 2.25. The molecule has 0 saturated carbocycles. The molecule has 0 aliphatic heterocycles. The van der Waals surface area contributed by atoms with Crippen LogP contribution in [-0.2, 0) is 4.79 Å². The second-order valence-electron chi connectivity index (χ2n) is 6.16. The van der Waals surface area contributed by atoms with Crippen LogP contribution >= 0.6 is 0 Å². The van der Waals surface area contributed by atoms with Gasteiger partial charge in [-0.15, -0.1) is 0 Å². The van der Waals surface area contributed by atoms with E-state index < -0.39 is 0 Å². The lowest BCUT2D eigenvalue weighted by molar-refractivity contribution is -0.121. The summed E-state index contributed by atoms with van der Waals surface area (Å²) < 4.78 is 5.01. The maximum absolute atomic E-state index is 11.9. The van der Waals surface area contributed by atoms with Crippen molar-refractivity contribution in [3.8, 4) is 11.5 Å². The van der Waals surface area contributed by atoms with Crippen LogP contribution < -0.4 is 15.5 Å². The molecule has 0 spiro atoms. The minimum atomic E-state index is -0.171. The number of aromatic hydroxyl groups is 1. The Hall–Kier alpha value is -3.35. The maximum Gasteiger partial charge on any atom is 0.251 e. The number of nitrogens with one attached hydrogen (secondary N) is 2. The number of carbonyl (C=O) groups is 2. The van der Waals surface area contributed by atoms with Crippen LogP contribution in [-0.4, -0.2) is 36.8 Å². The summed E-state index contributed by atoms with van der Waals surface area (Å²) in [5.41, 5.74) is 3.81. The van der Waals surface area contributed by atoms with Crippen molar-refractivity contribution in [2.45, 2.75) is 25.7 Å². The molecular formula is C21H25N3O4. The summed E-state index contributed by atoms with van der Waals surface area (Å²) in [6.45, 7) is 0.580. The molecule has 2 aromatic rings. The van der Waals surface area contributed by atoms with Crippen LogP contribution in [0.1, 0.15) is 41.6 Å². The van der Waals surface area contributed by atoms with Gasteiger partial charge in [-0.1, -0.05) is 24.6 Å². The maximum atomic E-state index is 11.9. The van der Waals surface area contributed by atoms with E-state index in [1.54, 1.807) is 24.3 Å². The van der Waals surface area contributed by atoms with Gasteiger partial charge in [0.15, 0.2) is 11.5 Å². The monoisotopic (exact) mass is 383 g/mol. The summed E-state index contributed by atoms with van der Waals surface area (Å²) in [5.74, 6) is 0.132. The minimum absolute atomic E-state index is 0.0450. The molecular weight excluding hydrogens is 358 g/mol. The van der Waals surface area contributed by atoms with Gasteiger partial charge >= 0.3 is 0 Å². The largest absolute Gasteiger partial charge is 0.504 e. The SMILES string of the molecule is COc1cc(C=NNC(=O)CCCCCNC(=O)c2ccccc2)ccc1O. The van der Waals surface area contributed by atoms with E-state index in [4.69, 9.17) is 4.74 Å². The average molecular weight is 383 g/mol. The topological polar surface area (TPSA) is 100 Å². The Morgan fingerprint density at radius 2 is 1.89 bits per heavy atom. The van der Waals surface area contributed by atoms with E-state index in [0.717, 1.165) is 19.3 Å². The lowest BCUT2D eigenvalue weighted by Crippen LogP contribution is -2.24. The Labute approximate surface area is 164 Å². The fraction of sp³-hybridized carbons (Fsp3) is 0.286. The average Bonchev–Trinajstić information content (AvgIpc) is 2.72. The van der Waals surface area contributed by atoms with E-state index in [-0.39, 0.29) is 17.6 Å². The molecule has 148 valence electrons. The first-order valence-electron chi connectivity index (χ1n) is 9.12. The molecule has 3 N–H and O–H groups in total. The number of ether oxygens (including phenoxy) is 1. The highest BCUT2D eigenvalue weighted by Gasteiger charge is 2.04. The van der Waals surface area contributed by atoms with Gasteiger partial charge in [-0.25, -0.2) is 5.43 Å². The summed E-state index contributed by atoms with van der Waals surface area (Å²) >= 11 is 0. The molecule has 0 aromatic heterocycles. The Morgan fingerprint density at radius 1 is 1.11 bits per heavy atom. The molecule has 2 amide bonds. The lowest BCUT2D eigenvalue weighted by atomic mass is 10.2. The van der Waals surface area contributed by atoms with Crippen LogP contribution in [0.3, 0.4) is 0 Å². The number of phenols is 1. The summed E-state index contributed by atoms with van der Waals surface area (Å²) in [6, 6.07) is 13.9. The van der Waals surface area contributed by atoms with Crippen molar-refractivity contribution in [1.29, 1.82) is 0 Å². The van der Waals surface area contributed by atoms with E-state index in [1.165, 1.54) is 19.4 Å². The van der Waals surface area contributed by atoms with Crippen LogP contribution in [0, 0.1) is 0 Å². The first-order valence-corrected chi connectivity index (χ1v) is 9.12. The third kappa shape index (κ3) is 7.11. The summed E-state index contributed by atoms with van der Waals surface area (Å²) in [4.78, 5) is 23.6. The molecule has 28 heavy (non-hydrogen) atoms. The zero-order chi connectivity index (χ0) is 20.2. The van der Waals surface area contributed by atoms with E-state index in [1.807, 2.05) is 18.2 Å². The quantitative estimate of drug-likeness (QED) is 0.334. The van der Waals surface area contributed by atoms with Gasteiger partial charge in [0.25, 0.3) is 5.91 Å². The van der Waals surface area contributed by atoms with Crippen molar-refractivity contribution in [1.82, 2.24) is 10.7 Å². The molecule has 7 nitrogen and oxygen atoms in total. The van der Waals surface area contributed by atoms with Crippen molar-refractivity contribution >= 4 is 18.0 Å². The number of unbranched alkanes of at least 4 members (excludes halogenated alkanes) is 2. The van der Waals surface area contributed by atoms with Crippen molar-refractivity contribution in [2.24, 2.45) is 5.10 Å². The smallest absolute Gasteiger partial charge is 0.251 e. The van der Waals surface area contributed by atoms with Crippen molar-refractivity contribution in [2.75, 3.05) is 13.7 Å². The zero-order valence-electron chi connectivity index (χ0n) is 15.9. The molecule has 0 aliphatic rings. The van der Waals surface area contributed by atoms with Gasteiger partial charge in [-0.05, 0) is 48.7 Å². The van der Waals surface area contributed by atoms with Crippen LogP contribution in [0.5, 0.6) is 11.5 Å². The molecule has 0 saturated heterocycles. The molecule has 2 rings (SSSR count). The Morgan fingerprint density at radius 3 is 2.64 bits per heavy atom. The summed E-state index contributed by atoms with van der Waals surface area (Å²) in [5, 5.41) is 16.3. The molecule has 0 atom stereocenters. The van der Waals surface area contributed by atoms with E-state index in [2.05, 4.69) is 15.8 Å². The first kappa shape index (κ1) is 21.0. The van der Waals surface area contributed by atoms with Gasteiger partial charge in [0.2, 0.25) is 5.91 Å². The van der Waals surface area contributed by atoms with Gasteiger partial charge < -0.3 is 15.2 Å². The second-order valence-corrected chi connectivity index (χ2v) is 6.16. The van der Waals surface area contributed by atoms with Gasteiger partial charge in [0.05, 0.1) is 13.3 Å². The fourth-order valence-electron chi connectivity index (χ4n) is 2.49. The number of hydrogen-bond acceptors (Lipinski definition) is 5. The van der Waals surface area contributed by atoms with Crippen LogP contribution in [0.4, 0.5) is 0 Å². The molecule has 0 heterocycles. The van der Waals surface area contributed by atoms with Gasteiger partial charge in [0.1, 0.15) is 0 Å². The highest BCUT2D eigenvalue weighted by atomic mass is 16.5. The van der Waals surface area contributed by atoms with Crippen molar-refractivity contribution < 1.29 is 19.4 Å². The number of methoxy groups -OCH3 is 1. The summed E-state index contributed by atoms with van der Waals surface area (Å²) in [6.07, 6.45) is 4.21. The molecule has 0 unspecified atom stereocenters. The number of amides is 2. The molecule has 0 radical (unpaired) electrons. The number of benzene rings is 2. The zero-order valence-corrected chi connectivity index (χ0v) is 15.9. The first-order chi connectivity index (χ1) is 13.6. The number of phenolic OH excluding ortho intramolecular Hbond substituents is 1. The third-order valence-corrected chi connectivity index (χ3v) is 4.01. The van der Waals surface area contributed by atoms with Gasteiger partial charge in [-0.3, -0.25) is 9.59 Å². The Kier molecular flexibility index (Phi) is 8.52. The van der Waals surface area contributed by atoms with E-state index in [0.29, 0.717) is 29.8 Å². The number of rotatable bonds is 10. The minimum Gasteiger partial charge on any atom is -0.504 e. The molecule has 0 aliphatic carbocycles. The Bertz CT molecular complexity index is 807. The third-order valence-electron chi connectivity index (χ3n) is 4.01. The van der Waals surface area contributed by atoms with Crippen LogP contribution in [0.25, 0.3) is 0 Å². The van der Waals surface area contributed by atoms with Crippen molar-refractivity contribution in [3.05, 3.63) is 59.7 Å². The standard InChI is InChI=1S/C21H25N3O4/c1-28-19-14-16(11-12-18(19)25)15-23-24-20(26)10-6-3-7-13-22-21(27)17-8-4-2-5-9-17/h2,4-5,8-9,11-12,14-15,25H,3,6-7,10,13H2,1H3,(H,22,27)(H,24,26).